The molecule has 0 amide bonds. The third-order valence-corrected chi connectivity index (χ3v) is 26.2. The lowest BCUT2D eigenvalue weighted by molar-refractivity contribution is 0.953. The molecule has 0 spiro atoms. The van der Waals surface area contributed by atoms with Crippen molar-refractivity contribution in [3.05, 3.63) is 467 Å². The van der Waals surface area contributed by atoms with E-state index in [-0.39, 0.29) is 0 Å². The van der Waals surface area contributed by atoms with Crippen LogP contribution in [0.15, 0.2) is 467 Å². The fraction of sp³-hybridized carbons (Fsp3) is 0. The average molecular weight is 1710 g/mol. The average Bonchev–Trinajstić information content (AvgIpc) is 1.56. The molecule has 0 unspecified atom stereocenters. The van der Waals surface area contributed by atoms with Crippen LogP contribution in [-0.2, 0) is 0 Å². The van der Waals surface area contributed by atoms with Gasteiger partial charge in [0.05, 0.1) is 88.6 Å². The maximum atomic E-state index is 5.36. The van der Waals surface area contributed by atoms with E-state index >= 15 is 0 Å². The molecule has 0 fully saturated rings. The van der Waals surface area contributed by atoms with Crippen molar-refractivity contribution in [2.45, 2.75) is 0 Å². The number of para-hydroxylation sites is 11. The second-order valence-corrected chi connectivity index (χ2v) is 33.9. The highest BCUT2D eigenvalue weighted by Gasteiger charge is 2.27. The van der Waals surface area contributed by atoms with Gasteiger partial charge < -0.3 is 13.7 Å². The number of hydrogen-bond acceptors (Lipinski definition) is 7. The van der Waals surface area contributed by atoms with Crippen LogP contribution in [0.2, 0.25) is 0 Å². The van der Waals surface area contributed by atoms with Gasteiger partial charge in [-0.15, -0.1) is 0 Å². The van der Waals surface area contributed by atoms with Gasteiger partial charge in [-0.05, 0) is 132 Å². The van der Waals surface area contributed by atoms with Gasteiger partial charge in [0.2, 0.25) is 17.8 Å². The maximum Gasteiger partial charge on any atom is 0.238 e. The standard InChI is InChI=1S/C44H28N4.C39H25N5.C38H24N4/c1-3-13-29(14-4-1)30-23-25-31(26-24-30)43-35-19-7-10-20-38(35)45-44(46-43)48-40-22-12-9-18-34(40)37-27-36-33-17-8-11-21-39(33)47(41(36)28-42(37)48)32-15-5-2-6-16-32;1-4-14-26(15-5-1)37-40-38(27-16-6-2-7-17-27)42-39(41-37)44-34-23-13-11-21-30(34)32-24-31-29-20-10-12-22-33(29)43(35(31)25-36(32)44)28-18-8-3-9-19-28;1-3-13-25(14-4-1)37-29-19-7-10-20-32(29)39-38(40-37)42-34-22-12-9-18-28(34)31-23-30-27-17-8-11-21-33(27)41(35(30)24-36(31)42)26-15-5-2-6-16-26/h1-28H;1-25H;1-24H. The Morgan fingerprint density at radius 1 is 0.127 bits per heavy atom. The predicted molar refractivity (Wildman–Crippen MR) is 552 cm³/mol. The Hall–Kier alpha value is -18.3. The summed E-state index contributed by atoms with van der Waals surface area (Å²) in [6.45, 7) is 0. The fourth-order valence-electron chi connectivity index (χ4n) is 20.2. The highest BCUT2D eigenvalue weighted by Crippen LogP contribution is 2.46. The molecular formula is C121H77N13. The minimum atomic E-state index is 0.589. The van der Waals surface area contributed by atoms with Gasteiger partial charge in [-0.25, -0.2) is 24.9 Å². The van der Waals surface area contributed by atoms with Gasteiger partial charge in [0.1, 0.15) is 0 Å². The molecule has 13 heteroatoms. The van der Waals surface area contributed by atoms with E-state index in [9.17, 15) is 0 Å². The van der Waals surface area contributed by atoms with E-state index < -0.39 is 0 Å². The van der Waals surface area contributed by atoms with E-state index in [1.54, 1.807) is 0 Å². The van der Waals surface area contributed by atoms with Crippen LogP contribution >= 0.6 is 0 Å². The third kappa shape index (κ3) is 12.8. The monoisotopic (exact) mass is 1710 g/mol. The molecule has 9 heterocycles. The second kappa shape index (κ2) is 31.9. The Bertz CT molecular complexity index is 9420. The molecule has 0 saturated carbocycles. The summed E-state index contributed by atoms with van der Waals surface area (Å²) in [5.41, 5.74) is 26.9. The van der Waals surface area contributed by atoms with Gasteiger partial charge >= 0.3 is 0 Å². The molecule has 0 aliphatic carbocycles. The summed E-state index contributed by atoms with van der Waals surface area (Å²) in [4.78, 5) is 36.2. The van der Waals surface area contributed by atoms with Crippen molar-refractivity contribution in [2.24, 2.45) is 0 Å². The van der Waals surface area contributed by atoms with Crippen molar-refractivity contribution in [2.75, 3.05) is 0 Å². The Morgan fingerprint density at radius 2 is 0.343 bits per heavy atom. The normalized spacial score (nSPS) is 11.7. The number of nitrogens with zero attached hydrogens (tertiary/aromatic N) is 13. The first-order valence-corrected chi connectivity index (χ1v) is 45.2. The van der Waals surface area contributed by atoms with E-state index in [4.69, 9.17) is 34.9 Å². The Morgan fingerprint density at radius 3 is 0.657 bits per heavy atom. The van der Waals surface area contributed by atoms with Crippen LogP contribution in [0.5, 0.6) is 0 Å². The zero-order chi connectivity index (χ0) is 88.3. The molecular weight excluding hydrogens is 1640 g/mol. The fourth-order valence-corrected chi connectivity index (χ4v) is 20.2. The molecule has 13 nitrogen and oxygen atoms in total. The smallest absolute Gasteiger partial charge is 0.238 e. The number of fused-ring (bicyclic) bond motifs is 20. The minimum absolute atomic E-state index is 0.589. The number of rotatable bonds is 11. The summed E-state index contributed by atoms with van der Waals surface area (Å²) >= 11 is 0. The molecule has 0 aliphatic heterocycles. The SMILES string of the molecule is c1ccc(-c2ccc(-c3nc(-n4c5ccccc5c5cc6c7ccccc7n(-c7ccccc7)c6cc54)nc4ccccc34)cc2)cc1.c1ccc(-c2nc(-c3ccccc3)nc(-n3c4ccccc4c4cc5c6ccccc6n(-c6ccccc6)c5cc43)n2)cc1.c1ccc(-c2nc(-n3c4ccccc4c4cc5c6ccccc6n(-c6ccccc6)c5cc43)nc3ccccc23)cc1. The van der Waals surface area contributed by atoms with Gasteiger partial charge in [0, 0.05) is 115 Å². The first-order chi connectivity index (χ1) is 66.5. The van der Waals surface area contributed by atoms with Crippen molar-refractivity contribution in [3.63, 3.8) is 0 Å². The molecule has 19 aromatic carbocycles. The lowest BCUT2D eigenvalue weighted by Crippen LogP contribution is -2.06. The van der Waals surface area contributed by atoms with Gasteiger partial charge in [0.25, 0.3) is 0 Å². The highest BCUT2D eigenvalue weighted by molar-refractivity contribution is 6.23. The first-order valence-electron chi connectivity index (χ1n) is 45.2. The van der Waals surface area contributed by atoms with Crippen LogP contribution < -0.4 is 0 Å². The summed E-state index contributed by atoms with van der Waals surface area (Å²) in [5.74, 6) is 3.19. The highest BCUT2D eigenvalue weighted by atomic mass is 15.2. The van der Waals surface area contributed by atoms with Crippen molar-refractivity contribution >= 4 is 153 Å². The molecule has 0 saturated heterocycles. The zero-order valence-electron chi connectivity index (χ0n) is 72.3. The summed E-state index contributed by atoms with van der Waals surface area (Å²) in [7, 11) is 0. The topological polar surface area (TPSA) is 120 Å². The Kier molecular flexibility index (Phi) is 18.3. The van der Waals surface area contributed by atoms with Crippen molar-refractivity contribution in [1.29, 1.82) is 0 Å². The van der Waals surface area contributed by atoms with Gasteiger partial charge in [0.15, 0.2) is 11.6 Å². The van der Waals surface area contributed by atoms with E-state index in [0.29, 0.717) is 29.5 Å². The van der Waals surface area contributed by atoms with Gasteiger partial charge in [-0.2, -0.15) is 9.97 Å². The second-order valence-electron chi connectivity index (χ2n) is 33.9. The van der Waals surface area contributed by atoms with Crippen LogP contribution in [0.3, 0.4) is 0 Å². The van der Waals surface area contributed by atoms with E-state index in [1.807, 2.05) is 78.9 Å². The minimum Gasteiger partial charge on any atom is -0.309 e. The summed E-state index contributed by atoms with van der Waals surface area (Å²) in [6, 6.07) is 164. The van der Waals surface area contributed by atoms with Crippen molar-refractivity contribution in [1.82, 2.24) is 62.3 Å². The van der Waals surface area contributed by atoms with Crippen LogP contribution in [0.1, 0.15) is 0 Å². The molecule has 28 rings (SSSR count). The number of hydrogen-bond donors (Lipinski definition) is 0. The molecule has 0 N–H and O–H groups in total. The van der Waals surface area contributed by atoms with E-state index in [1.165, 1.54) is 81.5 Å². The zero-order valence-corrected chi connectivity index (χ0v) is 72.3. The van der Waals surface area contributed by atoms with Crippen LogP contribution in [0, 0.1) is 0 Å². The first kappa shape index (κ1) is 76.9. The van der Waals surface area contributed by atoms with Crippen LogP contribution in [0.25, 0.3) is 244 Å². The third-order valence-electron chi connectivity index (χ3n) is 26.2. The molecule has 0 radical (unpaired) electrons. The number of aromatic nitrogens is 13. The molecule has 0 bridgehead atoms. The molecule has 0 atom stereocenters. The summed E-state index contributed by atoms with van der Waals surface area (Å²) in [5, 5.41) is 16.5. The van der Waals surface area contributed by atoms with Crippen LogP contribution in [0.4, 0.5) is 0 Å². The molecule has 28 aromatic rings. The van der Waals surface area contributed by atoms with Gasteiger partial charge in [-0.1, -0.05) is 346 Å². The molecule has 0 aliphatic rings. The Balaban J connectivity index is 0.000000105. The molecule has 626 valence electrons. The van der Waals surface area contributed by atoms with E-state index in [0.717, 1.165) is 133 Å². The predicted octanol–water partition coefficient (Wildman–Crippen LogP) is 30.0. The van der Waals surface area contributed by atoms with E-state index in [2.05, 4.69) is 416 Å². The number of benzene rings is 19. The van der Waals surface area contributed by atoms with Crippen molar-refractivity contribution in [3.8, 4) is 91.3 Å². The lowest BCUT2D eigenvalue weighted by atomic mass is 10.0. The lowest BCUT2D eigenvalue weighted by Gasteiger charge is -2.12. The quantitative estimate of drug-likeness (QED) is 0.126. The summed E-state index contributed by atoms with van der Waals surface area (Å²) in [6.07, 6.45) is 0. The largest absolute Gasteiger partial charge is 0.309 e. The summed E-state index contributed by atoms with van der Waals surface area (Å²) < 4.78 is 13.7. The Labute approximate surface area is 768 Å². The maximum absolute atomic E-state index is 5.36. The van der Waals surface area contributed by atoms with Gasteiger partial charge in [-0.3, -0.25) is 13.7 Å². The molecule has 134 heavy (non-hydrogen) atoms. The van der Waals surface area contributed by atoms with Crippen molar-refractivity contribution < 1.29 is 0 Å². The van der Waals surface area contributed by atoms with Crippen LogP contribution in [-0.4, -0.2) is 62.3 Å². The molecule has 9 aromatic heterocycles.